The maximum absolute atomic E-state index is 13.1. The highest BCUT2D eigenvalue weighted by molar-refractivity contribution is 6.06. The molecule has 0 aromatic heterocycles. The quantitative estimate of drug-likeness (QED) is 0.0481. The number of benzene rings is 4. The van der Waals surface area contributed by atoms with Gasteiger partial charge in [-0.1, -0.05) is 41.8 Å². The third-order valence-electron chi connectivity index (χ3n) is 8.11. The van der Waals surface area contributed by atoms with Gasteiger partial charge in [-0.2, -0.15) is 10.2 Å². The van der Waals surface area contributed by atoms with Crippen molar-refractivity contribution in [2.75, 3.05) is 0 Å². The van der Waals surface area contributed by atoms with Crippen LogP contribution in [0.4, 0.5) is 11.4 Å². The van der Waals surface area contributed by atoms with Crippen molar-refractivity contribution in [3.63, 3.8) is 0 Å². The van der Waals surface area contributed by atoms with E-state index in [0.29, 0.717) is 6.42 Å². The lowest BCUT2D eigenvalue weighted by Crippen LogP contribution is -2.53. The maximum Gasteiger partial charge on any atom is 0.343 e. The summed E-state index contributed by atoms with van der Waals surface area (Å²) < 4.78 is 10.5. The van der Waals surface area contributed by atoms with Gasteiger partial charge >= 0.3 is 23.3 Å². The minimum atomic E-state index is -1.51. The molecule has 0 bridgehead atoms. The van der Waals surface area contributed by atoms with Crippen molar-refractivity contribution < 1.29 is 38.5 Å². The van der Waals surface area contributed by atoms with Crippen LogP contribution in [0.5, 0.6) is 11.5 Å². The van der Waals surface area contributed by atoms with E-state index in [1.54, 1.807) is 50.2 Å². The Morgan fingerprint density at radius 1 is 0.673 bits per heavy atom. The van der Waals surface area contributed by atoms with Gasteiger partial charge in [0.1, 0.15) is 5.41 Å². The predicted octanol–water partition coefficient (Wildman–Crippen LogP) is 5.33. The van der Waals surface area contributed by atoms with Crippen LogP contribution in [0.1, 0.15) is 62.2 Å². The summed E-state index contributed by atoms with van der Waals surface area (Å²) in [5.41, 5.74) is 4.51. The van der Waals surface area contributed by atoms with Gasteiger partial charge in [0.2, 0.25) is 11.5 Å². The molecule has 0 spiro atoms. The fourth-order valence-corrected chi connectivity index (χ4v) is 5.18. The Morgan fingerprint density at radius 2 is 1.10 bits per heavy atom. The van der Waals surface area contributed by atoms with Crippen molar-refractivity contribution in [1.29, 1.82) is 0 Å². The van der Waals surface area contributed by atoms with E-state index in [1.165, 1.54) is 36.4 Å². The van der Waals surface area contributed by atoms with Crippen molar-refractivity contribution in [2.45, 2.75) is 33.1 Å². The lowest BCUT2D eigenvalue weighted by molar-refractivity contribution is -0.385. The molecule has 2 amide bonds. The van der Waals surface area contributed by atoms with Crippen LogP contribution in [0.25, 0.3) is 0 Å². The van der Waals surface area contributed by atoms with Crippen LogP contribution >= 0.6 is 0 Å². The Labute approximate surface area is 295 Å². The third kappa shape index (κ3) is 8.36. The number of amides is 2. The number of carbonyl (C=O) groups is 4. The van der Waals surface area contributed by atoms with Crippen molar-refractivity contribution in [3.8, 4) is 11.5 Å². The summed E-state index contributed by atoms with van der Waals surface area (Å²) in [6.45, 7) is 3.57. The Kier molecular flexibility index (Phi) is 10.9. The fourth-order valence-electron chi connectivity index (χ4n) is 5.18. The number of esters is 2. The highest BCUT2D eigenvalue weighted by Crippen LogP contribution is 2.41. The second-order valence-corrected chi connectivity index (χ2v) is 11.8. The second kappa shape index (κ2) is 15.6. The lowest BCUT2D eigenvalue weighted by atomic mass is 9.67. The number of nitro benzene ring substituents is 2. The minimum Gasteiger partial charge on any atom is -0.416 e. The van der Waals surface area contributed by atoms with Crippen molar-refractivity contribution >= 4 is 47.6 Å². The third-order valence-corrected chi connectivity index (χ3v) is 8.11. The fraction of sp³-hybridized carbons (Fsp3) is 0.167. The lowest BCUT2D eigenvalue weighted by Gasteiger charge is -2.36. The number of rotatable bonds is 12. The normalized spacial score (nSPS) is 13.2. The van der Waals surface area contributed by atoms with E-state index in [2.05, 4.69) is 21.1 Å². The Balaban J connectivity index is 1.20. The highest BCUT2D eigenvalue weighted by atomic mass is 16.6. The summed E-state index contributed by atoms with van der Waals surface area (Å²) in [6.07, 6.45) is 3.21. The molecule has 1 fully saturated rings. The van der Waals surface area contributed by atoms with Gasteiger partial charge in [-0.3, -0.25) is 29.8 Å². The first kappa shape index (κ1) is 36.2. The molecule has 0 radical (unpaired) electrons. The molecule has 1 saturated carbocycles. The summed E-state index contributed by atoms with van der Waals surface area (Å²) in [4.78, 5) is 73.2. The Morgan fingerprint density at radius 3 is 1.44 bits per heavy atom. The zero-order valence-electron chi connectivity index (χ0n) is 27.7. The average molecular weight is 707 g/mol. The van der Waals surface area contributed by atoms with Gasteiger partial charge < -0.3 is 9.47 Å². The van der Waals surface area contributed by atoms with Crippen molar-refractivity contribution in [3.05, 3.63) is 139 Å². The Hall–Kier alpha value is -7.10. The molecular formula is C36H30N6O10. The summed E-state index contributed by atoms with van der Waals surface area (Å²) in [5, 5.41) is 31.1. The number of nitrogens with one attached hydrogen (secondary N) is 2. The van der Waals surface area contributed by atoms with Gasteiger partial charge in [-0.15, -0.1) is 0 Å². The molecule has 5 rings (SSSR count). The number of aryl methyl sites for hydroxylation is 2. The van der Waals surface area contributed by atoms with Crippen molar-refractivity contribution in [1.82, 2.24) is 10.9 Å². The number of nitro groups is 2. The van der Waals surface area contributed by atoms with Crippen molar-refractivity contribution in [2.24, 2.45) is 15.6 Å². The summed E-state index contributed by atoms with van der Waals surface area (Å²) >= 11 is 0. The van der Waals surface area contributed by atoms with Gasteiger partial charge in [-0.05, 0) is 75.2 Å². The number of hydrogen-bond acceptors (Lipinski definition) is 12. The monoisotopic (exact) mass is 706 g/mol. The first-order chi connectivity index (χ1) is 24.9. The minimum absolute atomic E-state index is 0.189. The molecule has 0 unspecified atom stereocenters. The molecule has 16 nitrogen and oxygen atoms in total. The average Bonchev–Trinajstić information content (AvgIpc) is 3.08. The van der Waals surface area contributed by atoms with Crippen LogP contribution < -0.4 is 20.3 Å². The highest BCUT2D eigenvalue weighted by Gasteiger charge is 2.51. The first-order valence-electron chi connectivity index (χ1n) is 15.7. The van der Waals surface area contributed by atoms with E-state index < -0.39 is 50.4 Å². The molecule has 0 heterocycles. The van der Waals surface area contributed by atoms with Gasteiger partial charge in [0, 0.05) is 23.3 Å². The van der Waals surface area contributed by atoms with Crippen LogP contribution in [0.3, 0.4) is 0 Å². The predicted molar refractivity (Wildman–Crippen MR) is 186 cm³/mol. The molecule has 16 heteroatoms. The van der Waals surface area contributed by atoms with Crippen LogP contribution in [0, 0.1) is 39.5 Å². The molecule has 264 valence electrons. The van der Waals surface area contributed by atoms with Gasteiger partial charge in [0.25, 0.3) is 11.8 Å². The molecule has 2 N–H and O–H groups in total. The van der Waals surface area contributed by atoms with E-state index in [4.69, 9.17) is 9.47 Å². The molecule has 0 saturated heterocycles. The first-order valence-corrected chi connectivity index (χ1v) is 15.7. The molecule has 1 aliphatic rings. The number of hydrazone groups is 2. The van der Waals surface area contributed by atoms with Crippen LogP contribution in [0.15, 0.2) is 95.1 Å². The van der Waals surface area contributed by atoms with Crippen LogP contribution in [0.2, 0.25) is 0 Å². The van der Waals surface area contributed by atoms with Crippen LogP contribution in [-0.2, 0) is 9.59 Å². The summed E-state index contributed by atoms with van der Waals surface area (Å²) in [7, 11) is 0. The largest absolute Gasteiger partial charge is 0.416 e. The number of nitrogens with zero attached hydrogens (tertiary/aromatic N) is 4. The van der Waals surface area contributed by atoms with Gasteiger partial charge in [0.05, 0.1) is 33.4 Å². The molecule has 1 aliphatic carbocycles. The molecule has 0 aliphatic heterocycles. The van der Waals surface area contributed by atoms with E-state index in [1.807, 2.05) is 0 Å². The second-order valence-electron chi connectivity index (χ2n) is 11.8. The number of hydrogen-bond donors (Lipinski definition) is 2. The van der Waals surface area contributed by atoms with Crippen LogP contribution in [-0.4, -0.2) is 46.0 Å². The molecule has 4 aromatic rings. The Bertz CT molecular complexity index is 2010. The number of carbonyl (C=O) groups excluding carboxylic acids is 4. The smallest absolute Gasteiger partial charge is 0.343 e. The maximum atomic E-state index is 13.1. The van der Waals surface area contributed by atoms with E-state index in [9.17, 15) is 39.4 Å². The van der Waals surface area contributed by atoms with E-state index in [-0.39, 0.29) is 46.6 Å². The SMILES string of the molecule is Cc1cccc(C(=O)Oc2ccc(/C=N/NC(=O)C3(C(=O)N/N=C/c4ccc(OC(=O)c5cccc(C)c5)c([N+](=O)[O-])c4)CCC3)cc2[N+](=O)[O-])c1. The zero-order valence-corrected chi connectivity index (χ0v) is 27.7. The van der Waals surface area contributed by atoms with E-state index in [0.717, 1.165) is 35.7 Å². The van der Waals surface area contributed by atoms with E-state index >= 15 is 0 Å². The molecular weight excluding hydrogens is 676 g/mol. The molecule has 0 atom stereocenters. The standard InChI is InChI=1S/C36H30N6O10/c1-22-6-3-8-26(16-22)32(43)51-30-12-10-24(18-28(30)41(47)48)20-37-39-34(45)36(14-5-15-36)35(46)40-38-21-25-11-13-31(29(19-25)42(49)50)52-33(44)27-9-4-7-23(2)17-27/h3-4,6-13,16-21H,5,14-15H2,1-2H3,(H,39,45)(H,40,46)/b37-20+,38-21+. The number of ether oxygens (including phenoxy) is 2. The van der Waals surface area contributed by atoms with Gasteiger partial charge in [-0.25, -0.2) is 20.4 Å². The topological polar surface area (TPSA) is 222 Å². The molecule has 4 aromatic carbocycles. The van der Waals surface area contributed by atoms with Gasteiger partial charge in [0.15, 0.2) is 0 Å². The zero-order chi connectivity index (χ0) is 37.4. The molecule has 52 heavy (non-hydrogen) atoms. The summed E-state index contributed by atoms with van der Waals surface area (Å²) in [6, 6.07) is 20.6. The summed E-state index contributed by atoms with van der Waals surface area (Å²) in [5.74, 6) is -3.59.